The van der Waals surface area contributed by atoms with Crippen LogP contribution < -0.4 is 0 Å². The number of rotatable bonds is 1. The fourth-order valence-corrected chi connectivity index (χ4v) is 5.11. The van der Waals surface area contributed by atoms with E-state index < -0.39 is 0 Å². The van der Waals surface area contributed by atoms with Crippen molar-refractivity contribution in [2.75, 3.05) is 0 Å². The molecule has 146 valence electrons. The third-order valence-corrected chi connectivity index (χ3v) is 6.54. The molecular formula is C28H16ClNO. The molecule has 7 rings (SSSR count). The van der Waals surface area contributed by atoms with Crippen molar-refractivity contribution >= 4 is 66.1 Å². The second-order valence-corrected chi connectivity index (χ2v) is 8.37. The lowest BCUT2D eigenvalue weighted by Gasteiger charge is -2.08. The summed E-state index contributed by atoms with van der Waals surface area (Å²) in [6.45, 7) is 0. The summed E-state index contributed by atoms with van der Waals surface area (Å²) in [4.78, 5) is 0. The molecule has 0 aliphatic carbocycles. The quantitative estimate of drug-likeness (QED) is 0.262. The first kappa shape index (κ1) is 17.0. The third kappa shape index (κ3) is 2.34. The Hall–Kier alpha value is -3.75. The Kier molecular flexibility index (Phi) is 3.36. The average molecular weight is 418 g/mol. The highest BCUT2D eigenvalue weighted by Crippen LogP contribution is 2.38. The summed E-state index contributed by atoms with van der Waals surface area (Å²) < 4.78 is 8.49. The van der Waals surface area contributed by atoms with E-state index in [1.54, 1.807) is 0 Å². The van der Waals surface area contributed by atoms with E-state index in [1.807, 2.05) is 18.2 Å². The summed E-state index contributed by atoms with van der Waals surface area (Å²) in [7, 11) is 0. The van der Waals surface area contributed by atoms with Crippen molar-refractivity contribution in [2.45, 2.75) is 0 Å². The molecule has 2 heterocycles. The van der Waals surface area contributed by atoms with Crippen molar-refractivity contribution in [1.82, 2.24) is 4.57 Å². The molecule has 3 heteroatoms. The number of furan rings is 1. The maximum atomic E-state index is 6.46. The predicted molar refractivity (Wildman–Crippen MR) is 131 cm³/mol. The minimum absolute atomic E-state index is 0.715. The Morgan fingerprint density at radius 3 is 2.29 bits per heavy atom. The Bertz CT molecular complexity index is 1810. The van der Waals surface area contributed by atoms with E-state index in [0.29, 0.717) is 5.02 Å². The summed E-state index contributed by atoms with van der Waals surface area (Å²) in [5.41, 5.74) is 5.10. The Morgan fingerprint density at radius 1 is 0.581 bits per heavy atom. The number of halogens is 1. The van der Waals surface area contributed by atoms with Crippen LogP contribution in [0.3, 0.4) is 0 Å². The molecule has 5 aromatic carbocycles. The summed E-state index contributed by atoms with van der Waals surface area (Å²) in [5, 5.41) is 7.70. The molecule has 0 unspecified atom stereocenters. The largest absolute Gasteiger partial charge is 0.456 e. The van der Waals surface area contributed by atoms with E-state index in [1.165, 1.54) is 32.6 Å². The topological polar surface area (TPSA) is 18.1 Å². The first-order valence-corrected chi connectivity index (χ1v) is 10.7. The second-order valence-electron chi connectivity index (χ2n) is 7.96. The average Bonchev–Trinajstić information content (AvgIpc) is 3.33. The minimum atomic E-state index is 0.715. The Morgan fingerprint density at radius 2 is 1.39 bits per heavy atom. The van der Waals surface area contributed by atoms with Gasteiger partial charge in [-0.1, -0.05) is 60.1 Å². The van der Waals surface area contributed by atoms with E-state index in [2.05, 4.69) is 83.4 Å². The standard InChI is InChI=1S/C28H16ClNO/c29-23-9-5-11-26-28(23)21-13-12-19(16-27(21)31-26)30-24-10-4-3-8-20(24)22-14-17-6-1-2-7-18(17)15-25(22)30/h1-16H. The zero-order valence-electron chi connectivity index (χ0n) is 16.5. The number of aromatic nitrogens is 1. The molecule has 0 aliphatic heterocycles. The number of hydrogen-bond acceptors (Lipinski definition) is 1. The third-order valence-electron chi connectivity index (χ3n) is 6.23. The van der Waals surface area contributed by atoms with Crippen LogP contribution in [0, 0.1) is 0 Å². The van der Waals surface area contributed by atoms with Crippen LogP contribution in [-0.4, -0.2) is 4.57 Å². The molecule has 2 aromatic heterocycles. The fraction of sp³-hybridized carbons (Fsp3) is 0. The zero-order valence-corrected chi connectivity index (χ0v) is 17.2. The lowest BCUT2D eigenvalue weighted by Crippen LogP contribution is -1.93. The summed E-state index contributed by atoms with van der Waals surface area (Å²) >= 11 is 6.46. The normalized spacial score (nSPS) is 12.0. The monoisotopic (exact) mass is 417 g/mol. The maximum absolute atomic E-state index is 6.46. The Labute approximate surface area is 182 Å². The van der Waals surface area contributed by atoms with E-state index >= 15 is 0 Å². The van der Waals surface area contributed by atoms with Gasteiger partial charge in [-0.05, 0) is 53.2 Å². The van der Waals surface area contributed by atoms with Gasteiger partial charge >= 0.3 is 0 Å². The molecule has 0 aliphatic rings. The molecule has 0 atom stereocenters. The number of fused-ring (bicyclic) bond motifs is 7. The molecule has 0 saturated carbocycles. The molecule has 0 radical (unpaired) electrons. The molecule has 31 heavy (non-hydrogen) atoms. The lowest BCUT2D eigenvalue weighted by atomic mass is 10.1. The number of nitrogens with zero attached hydrogens (tertiary/aromatic N) is 1. The highest BCUT2D eigenvalue weighted by Gasteiger charge is 2.15. The van der Waals surface area contributed by atoms with Crippen molar-refractivity contribution in [2.24, 2.45) is 0 Å². The van der Waals surface area contributed by atoms with Gasteiger partial charge < -0.3 is 8.98 Å². The highest BCUT2D eigenvalue weighted by molar-refractivity contribution is 6.37. The van der Waals surface area contributed by atoms with Gasteiger partial charge in [0, 0.05) is 33.3 Å². The van der Waals surface area contributed by atoms with Crippen LogP contribution >= 0.6 is 11.6 Å². The first-order valence-electron chi connectivity index (χ1n) is 10.3. The van der Waals surface area contributed by atoms with Crippen LogP contribution in [0.2, 0.25) is 5.02 Å². The molecule has 7 aromatic rings. The summed E-state index contributed by atoms with van der Waals surface area (Å²) in [5.74, 6) is 0. The molecule has 0 saturated heterocycles. The minimum Gasteiger partial charge on any atom is -0.456 e. The van der Waals surface area contributed by atoms with Crippen LogP contribution in [0.5, 0.6) is 0 Å². The van der Waals surface area contributed by atoms with Gasteiger partial charge in [-0.2, -0.15) is 0 Å². The molecular weight excluding hydrogens is 402 g/mol. The van der Waals surface area contributed by atoms with Gasteiger partial charge in [0.15, 0.2) is 0 Å². The number of para-hydroxylation sites is 1. The van der Waals surface area contributed by atoms with Gasteiger partial charge in [0.2, 0.25) is 0 Å². The van der Waals surface area contributed by atoms with Crippen LogP contribution in [-0.2, 0) is 0 Å². The van der Waals surface area contributed by atoms with E-state index in [4.69, 9.17) is 16.0 Å². The highest BCUT2D eigenvalue weighted by atomic mass is 35.5. The van der Waals surface area contributed by atoms with Gasteiger partial charge in [0.1, 0.15) is 11.2 Å². The molecule has 0 bridgehead atoms. The van der Waals surface area contributed by atoms with Crippen LogP contribution in [0.25, 0.3) is 60.2 Å². The van der Waals surface area contributed by atoms with Gasteiger partial charge in [-0.3, -0.25) is 0 Å². The summed E-state index contributed by atoms with van der Waals surface area (Å²) in [6.07, 6.45) is 0. The summed E-state index contributed by atoms with van der Waals surface area (Å²) in [6, 6.07) is 33.9. The number of benzene rings is 5. The predicted octanol–water partition coefficient (Wildman–Crippen LogP) is 8.49. The molecule has 0 fully saturated rings. The first-order chi connectivity index (χ1) is 15.3. The van der Waals surface area contributed by atoms with Crippen molar-refractivity contribution < 1.29 is 4.42 Å². The van der Waals surface area contributed by atoms with E-state index in [0.717, 1.165) is 27.6 Å². The van der Waals surface area contributed by atoms with E-state index in [-0.39, 0.29) is 0 Å². The fourth-order valence-electron chi connectivity index (χ4n) is 4.84. The smallest absolute Gasteiger partial charge is 0.137 e. The van der Waals surface area contributed by atoms with Crippen molar-refractivity contribution in [3.63, 3.8) is 0 Å². The van der Waals surface area contributed by atoms with Crippen molar-refractivity contribution in [3.8, 4) is 5.69 Å². The molecule has 0 N–H and O–H groups in total. The van der Waals surface area contributed by atoms with Gasteiger partial charge in [0.25, 0.3) is 0 Å². The van der Waals surface area contributed by atoms with Crippen molar-refractivity contribution in [3.05, 3.63) is 102 Å². The van der Waals surface area contributed by atoms with E-state index in [9.17, 15) is 0 Å². The number of hydrogen-bond donors (Lipinski definition) is 0. The van der Waals surface area contributed by atoms with Gasteiger partial charge in [-0.15, -0.1) is 0 Å². The Balaban J connectivity index is 1.60. The van der Waals surface area contributed by atoms with Crippen LogP contribution in [0.1, 0.15) is 0 Å². The molecule has 2 nitrogen and oxygen atoms in total. The lowest BCUT2D eigenvalue weighted by molar-refractivity contribution is 0.668. The van der Waals surface area contributed by atoms with Crippen molar-refractivity contribution in [1.29, 1.82) is 0 Å². The zero-order chi connectivity index (χ0) is 20.5. The van der Waals surface area contributed by atoms with Gasteiger partial charge in [-0.25, -0.2) is 0 Å². The van der Waals surface area contributed by atoms with Crippen LogP contribution in [0.15, 0.2) is 101 Å². The van der Waals surface area contributed by atoms with Crippen LogP contribution in [0.4, 0.5) is 0 Å². The maximum Gasteiger partial charge on any atom is 0.137 e. The molecule has 0 spiro atoms. The molecule has 0 amide bonds. The SMILES string of the molecule is Clc1cccc2oc3cc(-n4c5ccccc5c5cc6ccccc6cc54)ccc3c12. The second kappa shape index (κ2) is 6.13. The van der Waals surface area contributed by atoms with Gasteiger partial charge in [0.05, 0.1) is 16.1 Å².